The van der Waals surface area contributed by atoms with E-state index in [1.165, 1.54) is 9.75 Å². The fourth-order valence-electron chi connectivity index (χ4n) is 3.64. The first-order chi connectivity index (χ1) is 15.0. The van der Waals surface area contributed by atoms with Crippen LogP contribution in [0, 0.1) is 47.3 Å². The number of amidine groups is 2. The molecule has 3 unspecified atom stereocenters. The van der Waals surface area contributed by atoms with E-state index in [1.807, 2.05) is 27.8 Å². The number of terminal acetylenes is 1. The molecule has 0 saturated heterocycles. The first-order valence-electron chi connectivity index (χ1n) is 11.0. The summed E-state index contributed by atoms with van der Waals surface area (Å²) in [6.45, 7) is 14.5. The Hall–Kier alpha value is -2.61. The van der Waals surface area contributed by atoms with Crippen molar-refractivity contribution in [3.05, 3.63) is 34.2 Å². The van der Waals surface area contributed by atoms with Gasteiger partial charge in [-0.15, -0.1) is 17.8 Å². The first-order valence-corrected chi connectivity index (χ1v) is 11.8. The Morgan fingerprint density at radius 3 is 2.44 bits per heavy atom. The molecule has 3 N–H and O–H groups in total. The van der Waals surface area contributed by atoms with Gasteiger partial charge in [-0.1, -0.05) is 26.3 Å². The van der Waals surface area contributed by atoms with E-state index < -0.39 is 0 Å². The van der Waals surface area contributed by atoms with E-state index in [0.29, 0.717) is 18.1 Å². The van der Waals surface area contributed by atoms with Crippen LogP contribution in [0.4, 0.5) is 0 Å². The standard InChI is InChI=1S/C25H38N6S/c1-9-22(16-19(5)31(21(7)27)25(28)17(2)3)30(8)15-13-23(29-18(4)12-14-26)24-11-10-20(6)32-24/h1,10-11,17,19,22-23,27-29H,4,12-13,15-16H2,2-3,5-8H3. The second-order valence-electron chi connectivity index (χ2n) is 8.62. The second kappa shape index (κ2) is 13.1. The molecule has 0 spiro atoms. The number of nitriles is 1. The molecule has 0 bridgehead atoms. The van der Waals surface area contributed by atoms with Crippen molar-refractivity contribution in [2.45, 2.75) is 72.0 Å². The molecular formula is C25H38N6S. The van der Waals surface area contributed by atoms with Gasteiger partial charge < -0.3 is 10.2 Å². The summed E-state index contributed by atoms with van der Waals surface area (Å²) < 4.78 is 0. The van der Waals surface area contributed by atoms with Crippen LogP contribution >= 0.6 is 11.3 Å². The number of aryl methyl sites for hydroxylation is 1. The number of hydrogen-bond acceptors (Lipinski definition) is 6. The van der Waals surface area contributed by atoms with Gasteiger partial charge in [-0.05, 0) is 52.8 Å². The second-order valence-corrected chi connectivity index (χ2v) is 9.94. The highest BCUT2D eigenvalue weighted by Crippen LogP contribution is 2.27. The van der Waals surface area contributed by atoms with Gasteiger partial charge in [0.15, 0.2) is 0 Å². The molecule has 6 nitrogen and oxygen atoms in total. The van der Waals surface area contributed by atoms with Gasteiger partial charge in [0.2, 0.25) is 0 Å². The number of thiophene rings is 1. The summed E-state index contributed by atoms with van der Waals surface area (Å²) in [5.41, 5.74) is 0.720. The monoisotopic (exact) mass is 454 g/mol. The minimum Gasteiger partial charge on any atom is -0.380 e. The predicted octanol–water partition coefficient (Wildman–Crippen LogP) is 5.15. The summed E-state index contributed by atoms with van der Waals surface area (Å²) in [6.07, 6.45) is 7.66. The van der Waals surface area contributed by atoms with Gasteiger partial charge in [0, 0.05) is 34.0 Å². The van der Waals surface area contributed by atoms with Crippen molar-refractivity contribution in [3.63, 3.8) is 0 Å². The van der Waals surface area contributed by atoms with E-state index in [9.17, 15) is 0 Å². The fourth-order valence-corrected chi connectivity index (χ4v) is 4.60. The Morgan fingerprint density at radius 1 is 1.31 bits per heavy atom. The quantitative estimate of drug-likeness (QED) is 0.231. The largest absolute Gasteiger partial charge is 0.380 e. The molecule has 32 heavy (non-hydrogen) atoms. The van der Waals surface area contributed by atoms with E-state index >= 15 is 0 Å². The molecule has 1 heterocycles. The molecule has 3 atom stereocenters. The Kier molecular flexibility index (Phi) is 11.2. The van der Waals surface area contributed by atoms with Crippen molar-refractivity contribution in [1.29, 1.82) is 16.1 Å². The molecule has 0 fully saturated rings. The highest BCUT2D eigenvalue weighted by atomic mass is 32.1. The van der Waals surface area contributed by atoms with Gasteiger partial charge in [0.05, 0.1) is 30.4 Å². The molecule has 7 heteroatoms. The molecule has 1 aromatic heterocycles. The zero-order chi connectivity index (χ0) is 24.4. The summed E-state index contributed by atoms with van der Waals surface area (Å²) in [5.74, 6) is 3.75. The molecule has 0 aliphatic carbocycles. The SMILES string of the molecule is C#CC(CC(C)N(C(C)=N)C(=N)C(C)C)N(C)CCC(NC(=C)CC#N)c1ccc(C)s1. The summed E-state index contributed by atoms with van der Waals surface area (Å²) in [5, 5.41) is 28.9. The first kappa shape index (κ1) is 27.4. The van der Waals surface area contributed by atoms with E-state index in [1.54, 1.807) is 23.2 Å². The molecule has 0 saturated carbocycles. The van der Waals surface area contributed by atoms with Crippen LogP contribution < -0.4 is 5.32 Å². The molecular weight excluding hydrogens is 416 g/mol. The van der Waals surface area contributed by atoms with Crippen molar-refractivity contribution < 1.29 is 0 Å². The lowest BCUT2D eigenvalue weighted by molar-refractivity contribution is 0.237. The Bertz CT molecular complexity index is 872. The van der Waals surface area contributed by atoms with Crippen LogP contribution in [0.5, 0.6) is 0 Å². The maximum absolute atomic E-state index is 8.98. The van der Waals surface area contributed by atoms with Crippen LogP contribution in [-0.4, -0.2) is 47.1 Å². The summed E-state index contributed by atoms with van der Waals surface area (Å²) in [7, 11) is 2.02. The zero-order valence-corrected chi connectivity index (χ0v) is 21.1. The van der Waals surface area contributed by atoms with Gasteiger partial charge in [-0.25, -0.2) is 0 Å². The van der Waals surface area contributed by atoms with Gasteiger partial charge >= 0.3 is 0 Å². The minimum atomic E-state index is -0.111. The van der Waals surface area contributed by atoms with Crippen LogP contribution in [-0.2, 0) is 0 Å². The third-order valence-corrected chi connectivity index (χ3v) is 6.56. The average molecular weight is 455 g/mol. The third-order valence-electron chi connectivity index (χ3n) is 5.44. The number of hydrogen-bond donors (Lipinski definition) is 3. The van der Waals surface area contributed by atoms with Gasteiger partial charge in [-0.2, -0.15) is 5.26 Å². The normalized spacial score (nSPS) is 13.7. The van der Waals surface area contributed by atoms with Crippen LogP contribution in [0.25, 0.3) is 0 Å². The number of nitrogens with zero attached hydrogens (tertiary/aromatic N) is 3. The van der Waals surface area contributed by atoms with E-state index in [2.05, 4.69) is 47.8 Å². The highest BCUT2D eigenvalue weighted by molar-refractivity contribution is 7.12. The number of nitrogens with one attached hydrogen (secondary N) is 3. The van der Waals surface area contributed by atoms with Crippen molar-refractivity contribution in [3.8, 4) is 18.4 Å². The molecule has 174 valence electrons. The fraction of sp³-hybridized carbons (Fsp3) is 0.560. The Labute approximate surface area is 198 Å². The van der Waals surface area contributed by atoms with Crippen LogP contribution in [0.3, 0.4) is 0 Å². The molecule has 0 aromatic carbocycles. The minimum absolute atomic E-state index is 0.0439. The zero-order valence-electron chi connectivity index (χ0n) is 20.3. The predicted molar refractivity (Wildman–Crippen MR) is 136 cm³/mol. The lowest BCUT2D eigenvalue weighted by Gasteiger charge is -2.35. The summed E-state index contributed by atoms with van der Waals surface area (Å²) in [4.78, 5) is 6.40. The third kappa shape index (κ3) is 8.15. The lowest BCUT2D eigenvalue weighted by Crippen LogP contribution is -2.46. The van der Waals surface area contributed by atoms with E-state index in [-0.39, 0.29) is 30.5 Å². The number of allylic oxidation sites excluding steroid dienone is 1. The van der Waals surface area contributed by atoms with Crippen LogP contribution in [0.2, 0.25) is 0 Å². The molecule has 0 radical (unpaired) electrons. The van der Waals surface area contributed by atoms with Crippen molar-refractivity contribution in [1.82, 2.24) is 15.1 Å². The maximum Gasteiger partial charge on any atom is 0.104 e. The Balaban J connectivity index is 2.86. The highest BCUT2D eigenvalue weighted by Gasteiger charge is 2.25. The maximum atomic E-state index is 8.98. The number of rotatable bonds is 12. The topological polar surface area (TPSA) is 90.0 Å². The van der Waals surface area contributed by atoms with Crippen molar-refractivity contribution in [2.24, 2.45) is 5.92 Å². The molecule has 0 aliphatic heterocycles. The van der Waals surface area contributed by atoms with Crippen LogP contribution in [0.1, 0.15) is 62.8 Å². The van der Waals surface area contributed by atoms with Crippen molar-refractivity contribution >= 4 is 23.0 Å². The molecule has 1 aromatic rings. The average Bonchev–Trinajstić information content (AvgIpc) is 3.15. The van der Waals surface area contributed by atoms with Crippen molar-refractivity contribution in [2.75, 3.05) is 13.6 Å². The Morgan fingerprint density at radius 2 is 1.97 bits per heavy atom. The van der Waals surface area contributed by atoms with E-state index in [0.717, 1.165) is 18.7 Å². The molecule has 1 rings (SSSR count). The van der Waals surface area contributed by atoms with Crippen LogP contribution in [0.15, 0.2) is 24.4 Å². The summed E-state index contributed by atoms with van der Waals surface area (Å²) in [6, 6.07) is 6.29. The smallest absolute Gasteiger partial charge is 0.104 e. The molecule has 0 amide bonds. The molecule has 0 aliphatic rings. The lowest BCUT2D eigenvalue weighted by atomic mass is 10.0. The van der Waals surface area contributed by atoms with Gasteiger partial charge in [0.25, 0.3) is 0 Å². The van der Waals surface area contributed by atoms with Gasteiger partial charge in [0.1, 0.15) is 5.84 Å². The van der Waals surface area contributed by atoms with E-state index in [4.69, 9.17) is 22.5 Å². The van der Waals surface area contributed by atoms with Gasteiger partial charge in [-0.3, -0.25) is 15.7 Å². The summed E-state index contributed by atoms with van der Waals surface area (Å²) >= 11 is 1.75.